The lowest BCUT2D eigenvalue weighted by Crippen LogP contribution is -1.87. The number of anilines is 1. The van der Waals surface area contributed by atoms with Gasteiger partial charge in [0.1, 0.15) is 5.52 Å². The molecule has 90 valence electrons. The van der Waals surface area contributed by atoms with Crippen LogP contribution in [0.4, 0.5) is 5.69 Å². The molecule has 3 nitrogen and oxygen atoms in total. The normalized spacial score (nSPS) is 11.0. The molecule has 0 radical (unpaired) electrons. The molecule has 0 spiro atoms. The lowest BCUT2D eigenvalue weighted by Gasteiger charge is -1.99. The van der Waals surface area contributed by atoms with Gasteiger partial charge in [0.25, 0.3) is 0 Å². The van der Waals surface area contributed by atoms with Crippen LogP contribution in [0.1, 0.15) is 5.56 Å². The van der Waals surface area contributed by atoms with Crippen LogP contribution in [-0.2, 0) is 0 Å². The molecule has 0 aliphatic rings. The van der Waals surface area contributed by atoms with E-state index in [1.165, 1.54) is 0 Å². The van der Waals surface area contributed by atoms with E-state index in [2.05, 4.69) is 20.9 Å². The Morgan fingerprint density at radius 1 is 1.17 bits per heavy atom. The topological polar surface area (TPSA) is 52.0 Å². The van der Waals surface area contributed by atoms with Gasteiger partial charge >= 0.3 is 0 Å². The highest BCUT2D eigenvalue weighted by molar-refractivity contribution is 9.10. The number of hydrogen-bond donors (Lipinski definition) is 1. The van der Waals surface area contributed by atoms with Crippen LogP contribution in [0.3, 0.4) is 0 Å². The molecule has 0 aliphatic heterocycles. The number of hydrogen-bond acceptors (Lipinski definition) is 3. The Morgan fingerprint density at radius 2 is 2.00 bits per heavy atom. The largest absolute Gasteiger partial charge is 0.436 e. The van der Waals surface area contributed by atoms with Gasteiger partial charge in [-0.15, -0.1) is 0 Å². The molecule has 3 aromatic rings. The van der Waals surface area contributed by atoms with Gasteiger partial charge in [0, 0.05) is 15.7 Å². The minimum Gasteiger partial charge on any atom is -0.436 e. The van der Waals surface area contributed by atoms with E-state index in [1.807, 2.05) is 43.3 Å². The molecular weight excluding hydrogens is 292 g/mol. The zero-order chi connectivity index (χ0) is 12.7. The number of oxazole rings is 1. The first-order chi connectivity index (χ1) is 8.63. The van der Waals surface area contributed by atoms with Crippen LogP contribution in [0.25, 0.3) is 22.6 Å². The van der Waals surface area contributed by atoms with Crippen molar-refractivity contribution in [3.63, 3.8) is 0 Å². The van der Waals surface area contributed by atoms with Crippen molar-refractivity contribution in [2.24, 2.45) is 0 Å². The second-order valence-electron chi connectivity index (χ2n) is 4.23. The molecular formula is C14H11BrN2O. The zero-order valence-corrected chi connectivity index (χ0v) is 11.4. The van der Waals surface area contributed by atoms with E-state index in [4.69, 9.17) is 10.2 Å². The summed E-state index contributed by atoms with van der Waals surface area (Å²) >= 11 is 3.37. The first kappa shape index (κ1) is 11.3. The average molecular weight is 303 g/mol. The van der Waals surface area contributed by atoms with Gasteiger partial charge in [-0.25, -0.2) is 4.98 Å². The van der Waals surface area contributed by atoms with Crippen molar-refractivity contribution in [2.75, 3.05) is 5.73 Å². The molecule has 0 atom stereocenters. The summed E-state index contributed by atoms with van der Waals surface area (Å²) in [5, 5.41) is 0. The maximum atomic E-state index is 5.86. The average Bonchev–Trinajstić information content (AvgIpc) is 2.75. The quantitative estimate of drug-likeness (QED) is 0.687. The Bertz CT molecular complexity index is 734. The summed E-state index contributed by atoms with van der Waals surface area (Å²) < 4.78 is 6.62. The van der Waals surface area contributed by atoms with Crippen molar-refractivity contribution in [3.05, 3.63) is 46.4 Å². The van der Waals surface area contributed by atoms with Gasteiger partial charge in [0.05, 0.1) is 0 Å². The van der Waals surface area contributed by atoms with Crippen LogP contribution in [0, 0.1) is 6.92 Å². The minimum absolute atomic E-state index is 0.592. The Balaban J connectivity index is 2.16. The standard InChI is InChI=1S/C14H11BrN2O/c1-8-2-5-12-13(6-8)18-14(17-12)9-3-4-10(15)11(16)7-9/h2-7H,16H2,1H3. The van der Waals surface area contributed by atoms with E-state index in [0.29, 0.717) is 11.6 Å². The van der Waals surface area contributed by atoms with E-state index in [0.717, 1.165) is 26.7 Å². The molecule has 1 heterocycles. The highest BCUT2D eigenvalue weighted by Gasteiger charge is 2.09. The highest BCUT2D eigenvalue weighted by atomic mass is 79.9. The number of nitrogens with zero attached hydrogens (tertiary/aromatic N) is 1. The maximum Gasteiger partial charge on any atom is 0.227 e. The number of halogens is 1. The Labute approximate surface area is 113 Å². The molecule has 0 bridgehead atoms. The van der Waals surface area contributed by atoms with E-state index >= 15 is 0 Å². The molecule has 0 saturated carbocycles. The number of nitrogen functional groups attached to an aromatic ring is 1. The first-order valence-corrected chi connectivity index (χ1v) is 6.35. The Kier molecular flexibility index (Phi) is 2.59. The summed E-state index contributed by atoms with van der Waals surface area (Å²) in [5.74, 6) is 0.592. The van der Waals surface area contributed by atoms with Crippen molar-refractivity contribution in [3.8, 4) is 11.5 Å². The van der Waals surface area contributed by atoms with E-state index in [9.17, 15) is 0 Å². The number of fused-ring (bicyclic) bond motifs is 1. The highest BCUT2D eigenvalue weighted by Crippen LogP contribution is 2.29. The summed E-state index contributed by atoms with van der Waals surface area (Å²) in [5.41, 5.74) is 10.2. The lowest BCUT2D eigenvalue weighted by molar-refractivity contribution is 0.619. The number of aryl methyl sites for hydroxylation is 1. The molecule has 0 fully saturated rings. The second kappa shape index (κ2) is 4.14. The number of nitrogens with two attached hydrogens (primary N) is 1. The smallest absolute Gasteiger partial charge is 0.227 e. The van der Waals surface area contributed by atoms with Gasteiger partial charge in [0.2, 0.25) is 5.89 Å². The Hall–Kier alpha value is -1.81. The number of aromatic nitrogens is 1. The van der Waals surface area contributed by atoms with Crippen molar-refractivity contribution >= 4 is 32.7 Å². The van der Waals surface area contributed by atoms with Crippen LogP contribution in [0.15, 0.2) is 45.3 Å². The lowest BCUT2D eigenvalue weighted by atomic mass is 10.2. The Morgan fingerprint density at radius 3 is 2.78 bits per heavy atom. The molecule has 0 saturated heterocycles. The monoisotopic (exact) mass is 302 g/mol. The van der Waals surface area contributed by atoms with Gasteiger partial charge in [-0.2, -0.15) is 0 Å². The van der Waals surface area contributed by atoms with Gasteiger partial charge in [-0.1, -0.05) is 6.07 Å². The van der Waals surface area contributed by atoms with Gasteiger partial charge < -0.3 is 10.2 Å². The SMILES string of the molecule is Cc1ccc2nc(-c3ccc(Br)c(N)c3)oc2c1. The summed E-state index contributed by atoms with van der Waals surface area (Å²) in [6.07, 6.45) is 0. The summed E-state index contributed by atoms with van der Waals surface area (Å²) in [4.78, 5) is 4.46. The fourth-order valence-electron chi connectivity index (χ4n) is 1.83. The molecule has 2 aromatic carbocycles. The van der Waals surface area contributed by atoms with Crippen LogP contribution in [0.2, 0.25) is 0 Å². The molecule has 0 amide bonds. The van der Waals surface area contributed by atoms with Gasteiger partial charge in [-0.3, -0.25) is 0 Å². The number of rotatable bonds is 1. The predicted molar refractivity (Wildman–Crippen MR) is 76.3 cm³/mol. The predicted octanol–water partition coefficient (Wildman–Crippen LogP) is 4.15. The fourth-order valence-corrected chi connectivity index (χ4v) is 2.08. The zero-order valence-electron chi connectivity index (χ0n) is 9.77. The van der Waals surface area contributed by atoms with Gasteiger partial charge in [0.15, 0.2) is 5.58 Å². The van der Waals surface area contributed by atoms with Crippen molar-refractivity contribution < 1.29 is 4.42 Å². The molecule has 1 aromatic heterocycles. The molecule has 2 N–H and O–H groups in total. The first-order valence-electron chi connectivity index (χ1n) is 5.56. The van der Waals surface area contributed by atoms with Gasteiger partial charge in [-0.05, 0) is 58.7 Å². The van der Waals surface area contributed by atoms with Crippen molar-refractivity contribution in [2.45, 2.75) is 6.92 Å². The third kappa shape index (κ3) is 1.88. The van der Waals surface area contributed by atoms with Crippen LogP contribution in [-0.4, -0.2) is 4.98 Å². The second-order valence-corrected chi connectivity index (χ2v) is 5.08. The maximum absolute atomic E-state index is 5.86. The molecule has 0 aliphatic carbocycles. The van der Waals surface area contributed by atoms with E-state index in [1.54, 1.807) is 0 Å². The van der Waals surface area contributed by atoms with Crippen LogP contribution >= 0.6 is 15.9 Å². The van der Waals surface area contributed by atoms with Crippen molar-refractivity contribution in [1.82, 2.24) is 4.98 Å². The third-order valence-corrected chi connectivity index (χ3v) is 3.51. The van der Waals surface area contributed by atoms with Crippen molar-refractivity contribution in [1.29, 1.82) is 0 Å². The third-order valence-electron chi connectivity index (χ3n) is 2.79. The molecule has 3 rings (SSSR count). The molecule has 4 heteroatoms. The van der Waals surface area contributed by atoms with Crippen LogP contribution < -0.4 is 5.73 Å². The van der Waals surface area contributed by atoms with E-state index in [-0.39, 0.29) is 0 Å². The van der Waals surface area contributed by atoms with Crippen LogP contribution in [0.5, 0.6) is 0 Å². The minimum atomic E-state index is 0.592. The molecule has 0 unspecified atom stereocenters. The fraction of sp³-hybridized carbons (Fsp3) is 0.0714. The number of benzene rings is 2. The van der Waals surface area contributed by atoms with E-state index < -0.39 is 0 Å². The molecule has 18 heavy (non-hydrogen) atoms. The summed E-state index contributed by atoms with van der Waals surface area (Å²) in [6.45, 7) is 2.03. The summed E-state index contributed by atoms with van der Waals surface area (Å²) in [6, 6.07) is 11.6. The summed E-state index contributed by atoms with van der Waals surface area (Å²) in [7, 11) is 0.